The molecule has 150 valence electrons. The first kappa shape index (κ1) is 20.1. The van der Waals surface area contributed by atoms with Crippen LogP contribution in [0, 0.1) is 5.92 Å². The van der Waals surface area contributed by atoms with Gasteiger partial charge in [-0.05, 0) is 30.7 Å². The minimum absolute atomic E-state index is 0.0949. The molecule has 1 atom stereocenters. The van der Waals surface area contributed by atoms with E-state index in [4.69, 9.17) is 4.74 Å². The van der Waals surface area contributed by atoms with E-state index in [1.165, 1.54) is 5.56 Å². The van der Waals surface area contributed by atoms with Crippen molar-refractivity contribution in [1.82, 2.24) is 20.0 Å². The third-order valence-electron chi connectivity index (χ3n) is 5.26. The van der Waals surface area contributed by atoms with E-state index in [9.17, 15) is 4.79 Å². The van der Waals surface area contributed by atoms with E-state index in [1.54, 1.807) is 0 Å². The average molecular weight is 375 g/mol. The monoisotopic (exact) mass is 374 g/mol. The maximum absolute atomic E-state index is 12.9. The topological polar surface area (TPSA) is 48.1 Å². The summed E-state index contributed by atoms with van der Waals surface area (Å²) < 4.78 is 5.85. The second-order valence-electron chi connectivity index (χ2n) is 8.22. The second kappa shape index (κ2) is 9.53. The number of piperazine rings is 2. The molecule has 2 saturated heterocycles. The first-order valence-corrected chi connectivity index (χ1v) is 10.2. The highest BCUT2D eigenvalue weighted by Gasteiger charge is 2.30. The zero-order valence-corrected chi connectivity index (χ0v) is 17.0. The molecule has 6 nitrogen and oxygen atoms in total. The highest BCUT2D eigenvalue weighted by molar-refractivity contribution is 5.82. The predicted molar refractivity (Wildman–Crippen MR) is 108 cm³/mol. The number of likely N-dealkylation sites (N-methyl/N-ethyl adjacent to an activating group) is 1. The van der Waals surface area contributed by atoms with Gasteiger partial charge in [0.25, 0.3) is 0 Å². The van der Waals surface area contributed by atoms with Crippen molar-refractivity contribution < 1.29 is 9.53 Å². The molecule has 2 fully saturated rings. The number of benzene rings is 1. The molecule has 2 aliphatic rings. The molecule has 1 aromatic carbocycles. The molecule has 1 unspecified atom stereocenters. The quantitative estimate of drug-likeness (QED) is 0.813. The Bertz CT molecular complexity index is 614. The summed E-state index contributed by atoms with van der Waals surface area (Å²) in [6.07, 6.45) is 0. The fourth-order valence-corrected chi connectivity index (χ4v) is 3.62. The Kier molecular flexibility index (Phi) is 7.10. The van der Waals surface area contributed by atoms with Gasteiger partial charge in [0.1, 0.15) is 5.75 Å². The van der Waals surface area contributed by atoms with Crippen molar-refractivity contribution in [1.29, 1.82) is 0 Å². The number of carbonyl (C=O) groups excluding carboxylic acids is 1. The van der Waals surface area contributed by atoms with Crippen LogP contribution in [0.2, 0.25) is 0 Å². The van der Waals surface area contributed by atoms with Crippen LogP contribution < -0.4 is 10.1 Å². The van der Waals surface area contributed by atoms with Gasteiger partial charge in [0, 0.05) is 52.4 Å². The van der Waals surface area contributed by atoms with Crippen LogP contribution >= 0.6 is 0 Å². The molecule has 2 aliphatic heterocycles. The maximum Gasteiger partial charge on any atom is 0.241 e. The molecule has 1 amide bonds. The summed E-state index contributed by atoms with van der Waals surface area (Å²) in [5.74, 6) is 1.70. The summed E-state index contributed by atoms with van der Waals surface area (Å²) in [4.78, 5) is 19.5. The Balaban J connectivity index is 1.53. The Hall–Kier alpha value is -1.63. The molecular formula is C21H34N4O2. The molecule has 1 aromatic rings. The summed E-state index contributed by atoms with van der Waals surface area (Å²) in [6, 6.07) is 8.25. The lowest BCUT2D eigenvalue weighted by Crippen LogP contribution is -2.59. The molecule has 27 heavy (non-hydrogen) atoms. The molecule has 0 saturated carbocycles. The van der Waals surface area contributed by atoms with Gasteiger partial charge in [-0.15, -0.1) is 0 Å². The van der Waals surface area contributed by atoms with Gasteiger partial charge in [0.2, 0.25) is 5.91 Å². The fourth-order valence-electron chi connectivity index (χ4n) is 3.62. The van der Waals surface area contributed by atoms with Crippen molar-refractivity contribution in [2.75, 3.05) is 59.5 Å². The van der Waals surface area contributed by atoms with Gasteiger partial charge in [-0.1, -0.05) is 26.0 Å². The van der Waals surface area contributed by atoms with Crippen LogP contribution in [-0.4, -0.2) is 86.1 Å². The molecule has 2 heterocycles. The number of nitrogens with one attached hydrogen (secondary N) is 1. The Morgan fingerprint density at radius 2 is 2.00 bits per heavy atom. The van der Waals surface area contributed by atoms with E-state index in [-0.39, 0.29) is 11.9 Å². The molecule has 0 radical (unpaired) electrons. The van der Waals surface area contributed by atoms with E-state index in [0.717, 1.165) is 64.7 Å². The van der Waals surface area contributed by atoms with Gasteiger partial charge in [-0.2, -0.15) is 0 Å². The van der Waals surface area contributed by atoms with Gasteiger partial charge in [-0.3, -0.25) is 9.69 Å². The third-order valence-corrected chi connectivity index (χ3v) is 5.26. The SMILES string of the molecule is CC(C)COc1cccc(CN2CCNC(C(=O)N3CCN(C)CC3)C2)c1. The summed E-state index contributed by atoms with van der Waals surface area (Å²) in [6.45, 7) is 12.1. The summed E-state index contributed by atoms with van der Waals surface area (Å²) in [5, 5.41) is 3.42. The zero-order valence-electron chi connectivity index (χ0n) is 17.0. The minimum Gasteiger partial charge on any atom is -0.493 e. The van der Waals surface area contributed by atoms with E-state index < -0.39 is 0 Å². The lowest BCUT2D eigenvalue weighted by atomic mass is 10.1. The maximum atomic E-state index is 12.9. The van der Waals surface area contributed by atoms with Crippen LogP contribution in [0.4, 0.5) is 0 Å². The van der Waals surface area contributed by atoms with Crippen molar-refractivity contribution in [3.05, 3.63) is 29.8 Å². The van der Waals surface area contributed by atoms with E-state index in [0.29, 0.717) is 5.92 Å². The first-order valence-electron chi connectivity index (χ1n) is 10.2. The summed E-state index contributed by atoms with van der Waals surface area (Å²) in [7, 11) is 2.11. The summed E-state index contributed by atoms with van der Waals surface area (Å²) in [5.41, 5.74) is 1.24. The van der Waals surface area contributed by atoms with Crippen LogP contribution in [0.15, 0.2) is 24.3 Å². The van der Waals surface area contributed by atoms with Crippen LogP contribution in [0.1, 0.15) is 19.4 Å². The highest BCUT2D eigenvalue weighted by Crippen LogP contribution is 2.17. The molecule has 0 aromatic heterocycles. The van der Waals surface area contributed by atoms with Gasteiger partial charge >= 0.3 is 0 Å². The zero-order chi connectivity index (χ0) is 19.2. The first-order chi connectivity index (χ1) is 13.0. The predicted octanol–water partition coefficient (Wildman–Crippen LogP) is 1.27. The van der Waals surface area contributed by atoms with Crippen LogP contribution in [0.3, 0.4) is 0 Å². The average Bonchev–Trinajstić information content (AvgIpc) is 2.67. The number of nitrogens with zero attached hydrogens (tertiary/aromatic N) is 3. The van der Waals surface area contributed by atoms with Crippen LogP contribution in [0.5, 0.6) is 5.75 Å². The van der Waals surface area contributed by atoms with Crippen molar-refractivity contribution in [2.45, 2.75) is 26.4 Å². The van der Waals surface area contributed by atoms with E-state index in [2.05, 4.69) is 54.2 Å². The number of carbonyl (C=O) groups is 1. The molecule has 3 rings (SSSR count). The van der Waals surface area contributed by atoms with E-state index in [1.807, 2.05) is 11.0 Å². The van der Waals surface area contributed by atoms with Crippen LogP contribution in [-0.2, 0) is 11.3 Å². The van der Waals surface area contributed by atoms with Crippen molar-refractivity contribution in [3.8, 4) is 5.75 Å². The Morgan fingerprint density at radius 1 is 1.22 bits per heavy atom. The molecule has 6 heteroatoms. The largest absolute Gasteiger partial charge is 0.493 e. The van der Waals surface area contributed by atoms with Gasteiger partial charge in [-0.25, -0.2) is 0 Å². The standard InChI is InChI=1S/C21H34N4O2/c1-17(2)16-27-19-6-4-5-18(13-19)14-24-8-7-22-20(15-24)21(26)25-11-9-23(3)10-12-25/h4-6,13,17,20,22H,7-12,14-16H2,1-3H3. The van der Waals surface area contributed by atoms with Gasteiger partial charge < -0.3 is 19.9 Å². The van der Waals surface area contributed by atoms with Crippen molar-refractivity contribution >= 4 is 5.91 Å². The molecule has 0 spiro atoms. The van der Waals surface area contributed by atoms with Crippen molar-refractivity contribution in [3.63, 3.8) is 0 Å². The van der Waals surface area contributed by atoms with Crippen molar-refractivity contribution in [2.24, 2.45) is 5.92 Å². The number of ether oxygens (including phenoxy) is 1. The Labute approximate surface area is 163 Å². The third kappa shape index (κ3) is 5.92. The normalized spacial score (nSPS) is 22.2. The molecule has 1 N–H and O–H groups in total. The fraction of sp³-hybridized carbons (Fsp3) is 0.667. The highest BCUT2D eigenvalue weighted by atomic mass is 16.5. The second-order valence-corrected chi connectivity index (χ2v) is 8.22. The smallest absolute Gasteiger partial charge is 0.241 e. The van der Waals surface area contributed by atoms with E-state index >= 15 is 0 Å². The number of amides is 1. The number of hydrogen-bond acceptors (Lipinski definition) is 5. The number of rotatable bonds is 6. The lowest BCUT2D eigenvalue weighted by molar-refractivity contribution is -0.136. The Morgan fingerprint density at radius 3 is 2.74 bits per heavy atom. The van der Waals surface area contributed by atoms with Gasteiger partial charge in [0.15, 0.2) is 0 Å². The molecular weight excluding hydrogens is 340 g/mol. The van der Waals surface area contributed by atoms with Gasteiger partial charge in [0.05, 0.1) is 12.6 Å². The molecule has 0 aliphatic carbocycles. The minimum atomic E-state index is -0.0949. The lowest BCUT2D eigenvalue weighted by Gasteiger charge is -2.38. The van der Waals surface area contributed by atoms with Crippen LogP contribution in [0.25, 0.3) is 0 Å². The number of hydrogen-bond donors (Lipinski definition) is 1. The molecule has 0 bridgehead atoms. The summed E-state index contributed by atoms with van der Waals surface area (Å²) >= 11 is 0.